The largest absolute Gasteiger partial charge is 0.491 e. The Morgan fingerprint density at radius 3 is 2.79 bits per heavy atom. The first-order valence-electron chi connectivity index (χ1n) is 6.83. The lowest BCUT2D eigenvalue weighted by Crippen LogP contribution is -2.12. The third-order valence-electron chi connectivity index (χ3n) is 2.75. The van der Waals surface area contributed by atoms with E-state index in [1.807, 2.05) is 24.3 Å². The molecule has 4 heteroatoms. The highest BCUT2D eigenvalue weighted by atomic mass is 16.5. The zero-order valence-corrected chi connectivity index (χ0v) is 12.1. The van der Waals surface area contributed by atoms with Crippen molar-refractivity contribution in [2.45, 2.75) is 26.4 Å². The fraction of sp³-hybridized carbons (Fsp3) is 0.600. The zero-order chi connectivity index (χ0) is 13.9. The van der Waals surface area contributed by atoms with E-state index in [2.05, 4.69) is 19.2 Å². The summed E-state index contributed by atoms with van der Waals surface area (Å²) in [5.74, 6) is 0.902. The summed E-state index contributed by atoms with van der Waals surface area (Å²) >= 11 is 0. The summed E-state index contributed by atoms with van der Waals surface area (Å²) < 4.78 is 16.1. The van der Waals surface area contributed by atoms with Crippen molar-refractivity contribution >= 4 is 5.69 Å². The quantitative estimate of drug-likeness (QED) is 0.662. The molecule has 0 fully saturated rings. The van der Waals surface area contributed by atoms with Crippen LogP contribution in [0.2, 0.25) is 0 Å². The van der Waals surface area contributed by atoms with E-state index in [0.717, 1.165) is 24.4 Å². The average molecular weight is 267 g/mol. The lowest BCUT2D eigenvalue weighted by molar-refractivity contribution is 0.0759. The van der Waals surface area contributed by atoms with E-state index in [9.17, 15) is 0 Å². The van der Waals surface area contributed by atoms with Gasteiger partial charge in [-0.1, -0.05) is 13.0 Å². The van der Waals surface area contributed by atoms with Gasteiger partial charge in [0.1, 0.15) is 5.75 Å². The van der Waals surface area contributed by atoms with Gasteiger partial charge in [0.2, 0.25) is 0 Å². The molecule has 1 N–H and O–H groups in total. The van der Waals surface area contributed by atoms with Gasteiger partial charge in [0.15, 0.2) is 0 Å². The van der Waals surface area contributed by atoms with Gasteiger partial charge in [-0.3, -0.25) is 0 Å². The van der Waals surface area contributed by atoms with Crippen molar-refractivity contribution in [1.29, 1.82) is 0 Å². The van der Waals surface area contributed by atoms with E-state index in [4.69, 9.17) is 14.2 Å². The Balaban J connectivity index is 2.28. The summed E-state index contributed by atoms with van der Waals surface area (Å²) in [5.41, 5.74) is 1.05. The molecule has 1 rings (SSSR count). The van der Waals surface area contributed by atoms with E-state index >= 15 is 0 Å². The van der Waals surface area contributed by atoms with Crippen LogP contribution in [0.15, 0.2) is 24.3 Å². The Morgan fingerprint density at radius 2 is 2.05 bits per heavy atom. The van der Waals surface area contributed by atoms with E-state index in [0.29, 0.717) is 19.8 Å². The molecule has 0 aliphatic rings. The summed E-state index contributed by atoms with van der Waals surface area (Å²) in [6.45, 7) is 6.90. The normalized spacial score (nSPS) is 12.2. The second kappa shape index (κ2) is 9.64. The lowest BCUT2D eigenvalue weighted by Gasteiger charge is -2.14. The minimum Gasteiger partial charge on any atom is -0.491 e. The van der Waals surface area contributed by atoms with Crippen molar-refractivity contribution in [3.05, 3.63) is 24.3 Å². The molecule has 1 unspecified atom stereocenters. The first kappa shape index (κ1) is 15.8. The van der Waals surface area contributed by atoms with Crippen molar-refractivity contribution in [2.75, 3.05) is 38.8 Å². The smallest absolute Gasteiger partial charge is 0.121 e. The topological polar surface area (TPSA) is 39.7 Å². The Hall–Kier alpha value is -1.26. The maximum atomic E-state index is 5.78. The van der Waals surface area contributed by atoms with Crippen LogP contribution >= 0.6 is 0 Å². The standard InChI is InChI=1S/C15H25NO3/c1-4-13(2)19-15-7-5-6-14(12-15)16-8-9-18-11-10-17-3/h5-7,12-13,16H,4,8-11H2,1-3H3. The number of anilines is 1. The monoisotopic (exact) mass is 267 g/mol. The van der Waals surface area contributed by atoms with Crippen molar-refractivity contribution in [3.63, 3.8) is 0 Å². The van der Waals surface area contributed by atoms with Gasteiger partial charge in [0.05, 0.1) is 25.9 Å². The summed E-state index contributed by atoms with van der Waals surface area (Å²) in [5, 5.41) is 3.31. The molecule has 0 aromatic heterocycles. The molecule has 0 spiro atoms. The highest BCUT2D eigenvalue weighted by Gasteiger charge is 2.01. The highest BCUT2D eigenvalue weighted by Crippen LogP contribution is 2.18. The number of ether oxygens (including phenoxy) is 3. The molecule has 0 heterocycles. The van der Waals surface area contributed by atoms with E-state index < -0.39 is 0 Å². The molecular formula is C15H25NO3. The predicted molar refractivity (Wildman–Crippen MR) is 78.0 cm³/mol. The van der Waals surface area contributed by atoms with Crippen molar-refractivity contribution < 1.29 is 14.2 Å². The van der Waals surface area contributed by atoms with Crippen LogP contribution in [0.25, 0.3) is 0 Å². The van der Waals surface area contributed by atoms with Crippen LogP contribution < -0.4 is 10.1 Å². The van der Waals surface area contributed by atoms with Gasteiger partial charge in [-0.25, -0.2) is 0 Å². The molecule has 4 nitrogen and oxygen atoms in total. The van der Waals surface area contributed by atoms with E-state index in [-0.39, 0.29) is 6.10 Å². The summed E-state index contributed by atoms with van der Waals surface area (Å²) in [6.07, 6.45) is 1.25. The van der Waals surface area contributed by atoms with Crippen LogP contribution in [0.1, 0.15) is 20.3 Å². The maximum Gasteiger partial charge on any atom is 0.121 e. The number of benzene rings is 1. The van der Waals surface area contributed by atoms with E-state index in [1.165, 1.54) is 0 Å². The zero-order valence-electron chi connectivity index (χ0n) is 12.1. The number of hydrogen-bond acceptors (Lipinski definition) is 4. The predicted octanol–water partition coefficient (Wildman–Crippen LogP) is 2.94. The van der Waals surface area contributed by atoms with Gasteiger partial charge in [0, 0.05) is 25.4 Å². The van der Waals surface area contributed by atoms with Gasteiger partial charge < -0.3 is 19.5 Å². The lowest BCUT2D eigenvalue weighted by atomic mass is 10.2. The number of hydrogen-bond donors (Lipinski definition) is 1. The molecular weight excluding hydrogens is 242 g/mol. The fourth-order valence-corrected chi connectivity index (χ4v) is 1.51. The van der Waals surface area contributed by atoms with Crippen LogP contribution in [0, 0.1) is 0 Å². The molecule has 1 atom stereocenters. The molecule has 0 amide bonds. The molecule has 0 saturated heterocycles. The highest BCUT2D eigenvalue weighted by molar-refractivity contribution is 5.48. The number of nitrogens with one attached hydrogen (secondary N) is 1. The third kappa shape index (κ3) is 7.03. The Morgan fingerprint density at radius 1 is 1.21 bits per heavy atom. The van der Waals surface area contributed by atoms with Crippen LogP contribution in [-0.2, 0) is 9.47 Å². The molecule has 0 aliphatic heterocycles. The van der Waals surface area contributed by atoms with Gasteiger partial charge >= 0.3 is 0 Å². The fourth-order valence-electron chi connectivity index (χ4n) is 1.51. The molecule has 0 bridgehead atoms. The van der Waals surface area contributed by atoms with E-state index in [1.54, 1.807) is 7.11 Å². The Labute approximate surface area is 116 Å². The van der Waals surface area contributed by atoms with Gasteiger partial charge in [0.25, 0.3) is 0 Å². The molecule has 108 valence electrons. The summed E-state index contributed by atoms with van der Waals surface area (Å²) in [7, 11) is 1.67. The van der Waals surface area contributed by atoms with Gasteiger partial charge in [-0.2, -0.15) is 0 Å². The number of methoxy groups -OCH3 is 1. The van der Waals surface area contributed by atoms with Gasteiger partial charge in [-0.15, -0.1) is 0 Å². The molecule has 1 aromatic rings. The SMILES string of the molecule is CCC(C)Oc1cccc(NCCOCCOC)c1. The molecule has 19 heavy (non-hydrogen) atoms. The Bertz CT molecular complexity index is 344. The molecule has 0 saturated carbocycles. The second-order valence-electron chi connectivity index (χ2n) is 4.40. The minimum absolute atomic E-state index is 0.243. The van der Waals surface area contributed by atoms with Crippen LogP contribution in [0.4, 0.5) is 5.69 Å². The Kier molecular flexibility index (Phi) is 8.02. The number of rotatable bonds is 10. The van der Waals surface area contributed by atoms with Crippen LogP contribution in [0.5, 0.6) is 5.75 Å². The second-order valence-corrected chi connectivity index (χ2v) is 4.40. The van der Waals surface area contributed by atoms with Crippen LogP contribution in [-0.4, -0.2) is 39.6 Å². The average Bonchev–Trinajstić information content (AvgIpc) is 2.43. The van der Waals surface area contributed by atoms with Crippen molar-refractivity contribution in [2.24, 2.45) is 0 Å². The first-order valence-corrected chi connectivity index (χ1v) is 6.83. The van der Waals surface area contributed by atoms with Crippen molar-refractivity contribution in [3.8, 4) is 5.75 Å². The summed E-state index contributed by atoms with van der Waals surface area (Å²) in [4.78, 5) is 0. The van der Waals surface area contributed by atoms with Crippen molar-refractivity contribution in [1.82, 2.24) is 0 Å². The van der Waals surface area contributed by atoms with Gasteiger partial charge in [-0.05, 0) is 25.5 Å². The molecule has 1 aromatic carbocycles. The summed E-state index contributed by atoms with van der Waals surface area (Å²) in [6, 6.07) is 8.01. The minimum atomic E-state index is 0.243. The molecule has 0 radical (unpaired) electrons. The first-order chi connectivity index (χ1) is 9.26. The molecule has 0 aliphatic carbocycles. The third-order valence-corrected chi connectivity index (χ3v) is 2.75. The van der Waals surface area contributed by atoms with Crippen LogP contribution in [0.3, 0.4) is 0 Å². The maximum absolute atomic E-state index is 5.78.